The van der Waals surface area contributed by atoms with Crippen LogP contribution in [0.2, 0.25) is 0 Å². The molecule has 0 amide bonds. The summed E-state index contributed by atoms with van der Waals surface area (Å²) in [5.41, 5.74) is 2.25. The minimum absolute atomic E-state index is 0.0350. The largest absolute Gasteiger partial charge is 0.457 e. The van der Waals surface area contributed by atoms with Gasteiger partial charge in [0.05, 0.1) is 6.42 Å². The second-order valence-corrected chi connectivity index (χ2v) is 7.62. The summed E-state index contributed by atoms with van der Waals surface area (Å²) in [5, 5.41) is 0. The number of ketones is 1. The number of halogens is 1. The Morgan fingerprint density at radius 3 is 2.24 bits per heavy atom. The summed E-state index contributed by atoms with van der Waals surface area (Å²) in [6, 6.07) is 17.8. The van der Waals surface area contributed by atoms with Gasteiger partial charge < -0.3 is 14.2 Å². The van der Waals surface area contributed by atoms with Crippen molar-refractivity contribution in [2.75, 3.05) is 6.79 Å². The van der Waals surface area contributed by atoms with Crippen molar-refractivity contribution in [3.63, 3.8) is 0 Å². The van der Waals surface area contributed by atoms with E-state index in [1.807, 2.05) is 0 Å². The highest BCUT2D eigenvalue weighted by molar-refractivity contribution is 5.91. The lowest BCUT2D eigenvalue weighted by Crippen LogP contribution is -2.07. The molecule has 0 bridgehead atoms. The van der Waals surface area contributed by atoms with Crippen LogP contribution in [-0.4, -0.2) is 24.5 Å². The summed E-state index contributed by atoms with van der Waals surface area (Å²) >= 11 is 0. The van der Waals surface area contributed by atoms with Gasteiger partial charge in [0.25, 0.3) is 0 Å². The molecule has 0 saturated carbocycles. The third-order valence-corrected chi connectivity index (χ3v) is 4.96. The third-order valence-electron chi connectivity index (χ3n) is 4.96. The van der Waals surface area contributed by atoms with Crippen LogP contribution >= 0.6 is 0 Å². The monoisotopic (exact) mass is 510 g/mol. The number of hydrogen-bond donors (Lipinski definition) is 0. The molecule has 0 radical (unpaired) electrons. The maximum absolute atomic E-state index is 14.6. The number of rotatable bonds is 10. The van der Waals surface area contributed by atoms with Crippen molar-refractivity contribution in [2.45, 2.75) is 6.42 Å². The minimum Gasteiger partial charge on any atom is -0.457 e. The zero-order valence-corrected chi connectivity index (χ0v) is 20.3. The Morgan fingerprint density at radius 2 is 1.58 bits per heavy atom. The average molecular weight is 511 g/mol. The first-order valence-electron chi connectivity index (χ1n) is 11.3. The molecule has 38 heavy (non-hydrogen) atoms. The number of benzene rings is 3. The fraction of sp³-hybridized carbons (Fsp3) is 0.0645. The second kappa shape index (κ2) is 13.8. The molecule has 3 aromatic carbocycles. The molecule has 190 valence electrons. The summed E-state index contributed by atoms with van der Waals surface area (Å²) in [5.74, 6) is 4.38. The molecule has 6 nitrogen and oxygen atoms in total. The molecule has 0 fully saturated rings. The number of ether oxygens (including phenoxy) is 3. The van der Waals surface area contributed by atoms with E-state index in [1.165, 1.54) is 30.4 Å². The Balaban J connectivity index is 1.55. The fourth-order valence-corrected chi connectivity index (χ4v) is 3.04. The topological polar surface area (TPSA) is 78.9 Å². The zero-order valence-electron chi connectivity index (χ0n) is 20.3. The number of allylic oxidation sites excluding steroid dienone is 1. The number of carbonyl (C=O) groups excluding carboxylic acids is 3. The van der Waals surface area contributed by atoms with Gasteiger partial charge in [0, 0.05) is 23.3 Å². The summed E-state index contributed by atoms with van der Waals surface area (Å²) in [7, 11) is 0. The van der Waals surface area contributed by atoms with E-state index < -0.39 is 17.8 Å². The van der Waals surface area contributed by atoms with Gasteiger partial charge >= 0.3 is 11.9 Å². The van der Waals surface area contributed by atoms with E-state index >= 15 is 0 Å². The Morgan fingerprint density at radius 1 is 0.868 bits per heavy atom. The molecule has 0 aliphatic rings. The number of carbonyl (C=O) groups is 3. The van der Waals surface area contributed by atoms with Gasteiger partial charge in [0.1, 0.15) is 17.3 Å². The molecule has 0 atom stereocenters. The second-order valence-electron chi connectivity index (χ2n) is 7.62. The predicted molar refractivity (Wildman–Crippen MR) is 141 cm³/mol. The Kier molecular flexibility index (Phi) is 9.91. The van der Waals surface area contributed by atoms with Crippen LogP contribution in [0.1, 0.15) is 17.5 Å². The molecule has 0 aromatic heterocycles. The first-order chi connectivity index (χ1) is 18.4. The van der Waals surface area contributed by atoms with Crippen LogP contribution in [0.15, 0.2) is 98.1 Å². The van der Waals surface area contributed by atoms with Crippen LogP contribution in [0.5, 0.6) is 11.5 Å². The van der Waals surface area contributed by atoms with Crippen LogP contribution in [-0.2, 0) is 19.1 Å². The van der Waals surface area contributed by atoms with Crippen LogP contribution in [0.4, 0.5) is 4.39 Å². The van der Waals surface area contributed by atoms with Crippen molar-refractivity contribution in [2.24, 2.45) is 0 Å². The van der Waals surface area contributed by atoms with Gasteiger partial charge in [-0.1, -0.05) is 55.3 Å². The lowest BCUT2D eigenvalue weighted by atomic mass is 10.0. The molecule has 3 aromatic rings. The average Bonchev–Trinajstić information content (AvgIpc) is 2.93. The van der Waals surface area contributed by atoms with E-state index in [4.69, 9.17) is 14.2 Å². The maximum atomic E-state index is 14.6. The molecule has 0 aliphatic carbocycles. The number of hydrogen-bond acceptors (Lipinski definition) is 6. The van der Waals surface area contributed by atoms with Crippen molar-refractivity contribution >= 4 is 23.8 Å². The molecule has 0 aliphatic heterocycles. The van der Waals surface area contributed by atoms with Crippen LogP contribution in [0.3, 0.4) is 0 Å². The van der Waals surface area contributed by atoms with Crippen LogP contribution in [0.25, 0.3) is 17.2 Å². The summed E-state index contributed by atoms with van der Waals surface area (Å²) in [6.07, 6.45) is 5.12. The van der Waals surface area contributed by atoms with Crippen molar-refractivity contribution in [1.82, 2.24) is 0 Å². The highest BCUT2D eigenvalue weighted by Gasteiger charge is 2.06. The molecule has 7 heteroatoms. The summed E-state index contributed by atoms with van der Waals surface area (Å²) in [6.45, 7) is 6.40. The van der Waals surface area contributed by atoms with Crippen molar-refractivity contribution < 1.29 is 33.0 Å². The van der Waals surface area contributed by atoms with Gasteiger partial charge in [-0.25, -0.2) is 14.0 Å². The van der Waals surface area contributed by atoms with Gasteiger partial charge in [0.15, 0.2) is 5.78 Å². The molecule has 0 N–H and O–H groups in total. The van der Waals surface area contributed by atoms with Crippen molar-refractivity contribution in [1.29, 1.82) is 0 Å². The molecular formula is C31H23FO6. The van der Waals surface area contributed by atoms with E-state index in [1.54, 1.807) is 54.6 Å². The van der Waals surface area contributed by atoms with Crippen molar-refractivity contribution in [3.8, 4) is 34.5 Å². The van der Waals surface area contributed by atoms with E-state index in [0.717, 1.165) is 11.6 Å². The summed E-state index contributed by atoms with van der Waals surface area (Å²) in [4.78, 5) is 34.4. The highest BCUT2D eigenvalue weighted by atomic mass is 19.1. The van der Waals surface area contributed by atoms with Crippen LogP contribution < -0.4 is 9.47 Å². The Labute approximate surface area is 219 Å². The van der Waals surface area contributed by atoms with Gasteiger partial charge in [-0.05, 0) is 59.7 Å². The molecule has 3 rings (SSSR count). The third kappa shape index (κ3) is 8.47. The van der Waals surface area contributed by atoms with E-state index in [-0.39, 0.29) is 19.0 Å². The molecule has 0 unspecified atom stereocenters. The zero-order chi connectivity index (χ0) is 27.3. The van der Waals surface area contributed by atoms with Gasteiger partial charge in [-0.3, -0.25) is 4.79 Å². The SMILES string of the molecule is C=CC(=O)CC#Cc1ccc(-c2ccc(/C=C/C(=O)Oc3ccc(OCOC(=O)C=C)cc3)cc2)c(F)c1. The fourth-order valence-electron chi connectivity index (χ4n) is 3.04. The molecule has 0 heterocycles. The van der Waals surface area contributed by atoms with Crippen molar-refractivity contribution in [3.05, 3.63) is 115 Å². The highest BCUT2D eigenvalue weighted by Crippen LogP contribution is 2.24. The molecule has 0 saturated heterocycles. The normalized spacial score (nSPS) is 10.1. The van der Waals surface area contributed by atoms with E-state index in [0.29, 0.717) is 28.2 Å². The summed E-state index contributed by atoms with van der Waals surface area (Å²) < 4.78 is 29.8. The Bertz CT molecular complexity index is 1420. The first kappa shape index (κ1) is 27.4. The van der Waals surface area contributed by atoms with E-state index in [9.17, 15) is 18.8 Å². The van der Waals surface area contributed by atoms with Crippen LogP contribution in [0, 0.1) is 17.7 Å². The molecule has 0 spiro atoms. The van der Waals surface area contributed by atoms with E-state index in [2.05, 4.69) is 25.0 Å². The minimum atomic E-state index is -0.598. The van der Waals surface area contributed by atoms with Gasteiger partial charge in [0.2, 0.25) is 6.79 Å². The quantitative estimate of drug-likeness (QED) is 0.115. The lowest BCUT2D eigenvalue weighted by Gasteiger charge is -2.07. The smallest absolute Gasteiger partial charge is 0.336 e. The number of esters is 2. The van der Waals surface area contributed by atoms with Gasteiger partial charge in [-0.15, -0.1) is 0 Å². The molecular weight excluding hydrogens is 487 g/mol. The van der Waals surface area contributed by atoms with Gasteiger partial charge in [-0.2, -0.15) is 0 Å². The Hall–Kier alpha value is -5.22. The maximum Gasteiger partial charge on any atom is 0.336 e. The standard InChI is InChI=1S/C31H23FO6/c1-3-25(33)7-5-6-23-10-18-28(29(32)20-23)24-12-8-22(9-13-24)11-19-31(35)38-27-16-14-26(15-17-27)36-21-37-30(34)4-2/h3-4,8-20H,1-2,7,21H2/b19-11+. The first-order valence-corrected chi connectivity index (χ1v) is 11.3. The lowest BCUT2D eigenvalue weighted by molar-refractivity contribution is -0.144. The predicted octanol–water partition coefficient (Wildman–Crippen LogP) is 5.67.